The van der Waals surface area contributed by atoms with E-state index in [1.807, 2.05) is 0 Å². The van der Waals surface area contributed by atoms with Crippen molar-refractivity contribution in [2.75, 3.05) is 25.1 Å². The van der Waals surface area contributed by atoms with E-state index >= 15 is 0 Å². The molecule has 1 fully saturated rings. The third-order valence-corrected chi connectivity index (χ3v) is 3.22. The Morgan fingerprint density at radius 2 is 2.00 bits per heavy atom. The standard InChI is InChI=1S/C11H13ClN4O4/c1-20-10(17)7-8(16(18)19)9(14-11(12)13-7)15-5-3-2-4-6-15/h2-6H2,1H3. The monoisotopic (exact) mass is 300 g/mol. The molecule has 2 heterocycles. The minimum Gasteiger partial charge on any atom is -0.464 e. The molecule has 20 heavy (non-hydrogen) atoms. The Morgan fingerprint density at radius 1 is 1.35 bits per heavy atom. The van der Waals surface area contributed by atoms with Crippen LogP contribution in [0.2, 0.25) is 5.28 Å². The van der Waals surface area contributed by atoms with Gasteiger partial charge in [-0.05, 0) is 30.9 Å². The van der Waals surface area contributed by atoms with Crippen LogP contribution in [0.1, 0.15) is 29.8 Å². The summed E-state index contributed by atoms with van der Waals surface area (Å²) in [5, 5.41) is 11.1. The molecule has 0 bridgehead atoms. The zero-order valence-electron chi connectivity index (χ0n) is 10.8. The van der Waals surface area contributed by atoms with Gasteiger partial charge < -0.3 is 9.64 Å². The normalized spacial score (nSPS) is 15.0. The lowest BCUT2D eigenvalue weighted by molar-refractivity contribution is -0.385. The van der Waals surface area contributed by atoms with Crippen molar-refractivity contribution in [3.63, 3.8) is 0 Å². The minimum atomic E-state index is -0.903. The molecule has 1 aromatic heterocycles. The first-order valence-corrected chi connectivity index (χ1v) is 6.47. The number of aromatic nitrogens is 2. The topological polar surface area (TPSA) is 98.5 Å². The second kappa shape index (κ2) is 6.00. The molecule has 0 aliphatic carbocycles. The average molecular weight is 301 g/mol. The van der Waals surface area contributed by atoms with E-state index in [-0.39, 0.29) is 11.1 Å². The molecule has 1 aromatic rings. The predicted molar refractivity (Wildman–Crippen MR) is 71.1 cm³/mol. The third kappa shape index (κ3) is 2.79. The van der Waals surface area contributed by atoms with Gasteiger partial charge in [0.25, 0.3) is 0 Å². The molecule has 2 rings (SSSR count). The molecule has 0 unspecified atom stereocenters. The van der Waals surface area contributed by atoms with E-state index < -0.39 is 22.3 Å². The minimum absolute atomic E-state index is 0.0788. The highest BCUT2D eigenvalue weighted by Gasteiger charge is 2.33. The molecule has 0 radical (unpaired) electrons. The Hall–Kier alpha value is -1.96. The van der Waals surface area contributed by atoms with Crippen LogP contribution in [0.15, 0.2) is 0 Å². The van der Waals surface area contributed by atoms with Crippen molar-refractivity contribution >= 4 is 29.1 Å². The molecule has 0 N–H and O–H groups in total. The van der Waals surface area contributed by atoms with Gasteiger partial charge >= 0.3 is 11.7 Å². The summed E-state index contributed by atoms with van der Waals surface area (Å²) in [5.41, 5.74) is -0.874. The maximum Gasteiger partial charge on any atom is 0.364 e. The van der Waals surface area contributed by atoms with Crippen molar-refractivity contribution in [1.29, 1.82) is 0 Å². The summed E-state index contributed by atoms with van der Waals surface area (Å²) < 4.78 is 4.51. The zero-order valence-corrected chi connectivity index (χ0v) is 11.6. The lowest BCUT2D eigenvalue weighted by Crippen LogP contribution is -2.31. The van der Waals surface area contributed by atoms with Gasteiger partial charge in [-0.1, -0.05) is 0 Å². The van der Waals surface area contributed by atoms with E-state index in [1.54, 1.807) is 4.90 Å². The summed E-state index contributed by atoms with van der Waals surface area (Å²) in [6.45, 7) is 1.27. The Labute approximate surface area is 119 Å². The van der Waals surface area contributed by atoms with Crippen LogP contribution in [-0.2, 0) is 4.74 Å². The molecular formula is C11H13ClN4O4. The smallest absolute Gasteiger partial charge is 0.364 e. The zero-order chi connectivity index (χ0) is 14.7. The first kappa shape index (κ1) is 14.4. The fourth-order valence-corrected chi connectivity index (χ4v) is 2.31. The fraction of sp³-hybridized carbons (Fsp3) is 0.545. The van der Waals surface area contributed by atoms with Crippen molar-refractivity contribution in [1.82, 2.24) is 9.97 Å². The average Bonchev–Trinajstić information content (AvgIpc) is 2.46. The fourth-order valence-electron chi connectivity index (χ4n) is 2.15. The summed E-state index contributed by atoms with van der Waals surface area (Å²) in [6, 6.07) is 0. The summed E-state index contributed by atoms with van der Waals surface area (Å²) >= 11 is 5.77. The largest absolute Gasteiger partial charge is 0.464 e. The van der Waals surface area contributed by atoms with Crippen LogP contribution in [0.3, 0.4) is 0 Å². The molecule has 1 aliphatic heterocycles. The lowest BCUT2D eigenvalue weighted by Gasteiger charge is -2.27. The predicted octanol–water partition coefficient (Wildman–Crippen LogP) is 1.82. The first-order chi connectivity index (χ1) is 9.54. The van der Waals surface area contributed by atoms with E-state index in [1.165, 1.54) is 0 Å². The van der Waals surface area contributed by atoms with E-state index in [0.717, 1.165) is 26.4 Å². The van der Waals surface area contributed by atoms with Gasteiger partial charge in [0.1, 0.15) is 0 Å². The third-order valence-electron chi connectivity index (χ3n) is 3.06. The summed E-state index contributed by atoms with van der Waals surface area (Å²) in [6.07, 6.45) is 2.88. The second-order valence-corrected chi connectivity index (χ2v) is 4.65. The highest BCUT2D eigenvalue weighted by atomic mass is 35.5. The molecule has 0 amide bonds. The van der Waals surface area contributed by atoms with E-state index in [2.05, 4.69) is 14.7 Å². The number of hydrogen-bond acceptors (Lipinski definition) is 7. The van der Waals surface area contributed by atoms with Crippen molar-refractivity contribution in [2.45, 2.75) is 19.3 Å². The summed E-state index contributed by atoms with van der Waals surface area (Å²) in [4.78, 5) is 31.5. The highest BCUT2D eigenvalue weighted by molar-refractivity contribution is 6.28. The molecule has 0 atom stereocenters. The highest BCUT2D eigenvalue weighted by Crippen LogP contribution is 2.32. The maximum absolute atomic E-state index is 11.6. The molecule has 0 aromatic carbocycles. The van der Waals surface area contributed by atoms with Gasteiger partial charge in [-0.25, -0.2) is 9.78 Å². The number of nitro groups is 1. The van der Waals surface area contributed by atoms with Gasteiger partial charge in [-0.2, -0.15) is 4.98 Å². The number of carbonyl (C=O) groups excluding carboxylic acids is 1. The lowest BCUT2D eigenvalue weighted by atomic mass is 10.1. The van der Waals surface area contributed by atoms with E-state index in [4.69, 9.17) is 11.6 Å². The number of hydrogen-bond donors (Lipinski definition) is 0. The van der Waals surface area contributed by atoms with Crippen molar-refractivity contribution in [3.8, 4) is 0 Å². The Bertz CT molecular complexity index is 545. The number of halogens is 1. The van der Waals surface area contributed by atoms with Crippen molar-refractivity contribution < 1.29 is 14.5 Å². The molecule has 108 valence electrons. The van der Waals surface area contributed by atoms with Crippen LogP contribution in [0.25, 0.3) is 0 Å². The molecular weight excluding hydrogens is 288 g/mol. The van der Waals surface area contributed by atoms with Gasteiger partial charge in [-0.15, -0.1) is 0 Å². The molecule has 0 spiro atoms. The van der Waals surface area contributed by atoms with Crippen LogP contribution >= 0.6 is 11.6 Å². The number of methoxy groups -OCH3 is 1. The molecule has 1 saturated heterocycles. The summed E-state index contributed by atoms with van der Waals surface area (Å²) in [5.74, 6) is -0.825. The first-order valence-electron chi connectivity index (χ1n) is 6.09. The Kier molecular flexibility index (Phi) is 4.33. The number of esters is 1. The van der Waals surface area contributed by atoms with Gasteiger partial charge in [0.2, 0.25) is 16.8 Å². The number of rotatable bonds is 3. The van der Waals surface area contributed by atoms with Crippen molar-refractivity contribution in [2.24, 2.45) is 0 Å². The number of ether oxygens (including phenoxy) is 1. The molecule has 8 nitrogen and oxygen atoms in total. The number of anilines is 1. The van der Waals surface area contributed by atoms with Gasteiger partial charge in [0.15, 0.2) is 0 Å². The van der Waals surface area contributed by atoms with Crippen LogP contribution in [-0.4, -0.2) is 41.1 Å². The Balaban J connectivity index is 2.56. The SMILES string of the molecule is COC(=O)c1nc(Cl)nc(N2CCCCC2)c1[N+](=O)[O-]. The van der Waals surface area contributed by atoms with Crippen molar-refractivity contribution in [3.05, 3.63) is 21.1 Å². The van der Waals surface area contributed by atoms with Crippen LogP contribution in [0.4, 0.5) is 11.5 Å². The van der Waals surface area contributed by atoms with Gasteiger partial charge in [-0.3, -0.25) is 10.1 Å². The number of carbonyl (C=O) groups is 1. The number of piperidine rings is 1. The van der Waals surface area contributed by atoms with Gasteiger partial charge in [0, 0.05) is 13.1 Å². The quantitative estimate of drug-likeness (QED) is 0.363. The van der Waals surface area contributed by atoms with Gasteiger partial charge in [0.05, 0.1) is 12.0 Å². The second-order valence-electron chi connectivity index (χ2n) is 4.31. The summed E-state index contributed by atoms with van der Waals surface area (Å²) in [7, 11) is 1.13. The van der Waals surface area contributed by atoms with Crippen LogP contribution < -0.4 is 4.90 Å². The van der Waals surface area contributed by atoms with E-state index in [9.17, 15) is 14.9 Å². The van der Waals surface area contributed by atoms with E-state index in [0.29, 0.717) is 13.1 Å². The van der Waals surface area contributed by atoms with Crippen LogP contribution in [0, 0.1) is 10.1 Å². The van der Waals surface area contributed by atoms with Crippen LogP contribution in [0.5, 0.6) is 0 Å². The molecule has 9 heteroatoms. The number of nitrogens with zero attached hydrogens (tertiary/aromatic N) is 4. The molecule has 0 saturated carbocycles. The molecule has 1 aliphatic rings. The Morgan fingerprint density at radius 3 is 2.55 bits per heavy atom. The maximum atomic E-state index is 11.6.